The van der Waals surface area contributed by atoms with Gasteiger partial charge in [0.05, 0.1) is 6.61 Å². The summed E-state index contributed by atoms with van der Waals surface area (Å²) in [6, 6.07) is 14.9. The van der Waals surface area contributed by atoms with Crippen LogP contribution in [-0.4, -0.2) is 28.8 Å². The highest BCUT2D eigenvalue weighted by Crippen LogP contribution is 2.30. The summed E-state index contributed by atoms with van der Waals surface area (Å²) in [5, 5.41) is 14.7. The maximum Gasteiger partial charge on any atom is 0.274 e. The Morgan fingerprint density at radius 2 is 1.74 bits per heavy atom. The van der Waals surface area contributed by atoms with Crippen molar-refractivity contribution in [1.29, 1.82) is 0 Å². The fourth-order valence-electron chi connectivity index (χ4n) is 3.93. The number of carbonyl (C=O) groups is 1. The van der Waals surface area contributed by atoms with E-state index in [0.717, 1.165) is 22.3 Å². The highest BCUT2D eigenvalue weighted by molar-refractivity contribution is 6.05. The van der Waals surface area contributed by atoms with Crippen molar-refractivity contribution in [2.75, 3.05) is 23.8 Å². The zero-order valence-corrected chi connectivity index (χ0v) is 23.0. The van der Waals surface area contributed by atoms with Crippen molar-refractivity contribution in [3.05, 3.63) is 106 Å². The van der Waals surface area contributed by atoms with Crippen LogP contribution in [0.3, 0.4) is 0 Å². The summed E-state index contributed by atoms with van der Waals surface area (Å²) in [4.78, 5) is 25.8. The normalized spacial score (nSPS) is 12.3. The Balaban J connectivity index is 1.86. The predicted molar refractivity (Wildman–Crippen MR) is 156 cm³/mol. The molecule has 3 rings (SSSR count). The van der Waals surface area contributed by atoms with Crippen molar-refractivity contribution in [3.8, 4) is 11.1 Å². The number of pyridine rings is 1. The molecule has 3 aromatic rings. The van der Waals surface area contributed by atoms with E-state index in [4.69, 9.17) is 21.3 Å². The van der Waals surface area contributed by atoms with Crippen molar-refractivity contribution in [2.24, 2.45) is 18.5 Å². The quantitative estimate of drug-likeness (QED) is 0.208. The van der Waals surface area contributed by atoms with Crippen LogP contribution in [0, 0.1) is 6.92 Å². The number of carbonyl (C=O) groups excluding carboxylic acids is 1. The third kappa shape index (κ3) is 7.52. The van der Waals surface area contributed by atoms with Crippen LogP contribution in [0.1, 0.15) is 42.3 Å². The number of aryl methyl sites for hydroxylation is 1. The molecule has 9 nitrogen and oxygen atoms in total. The number of nitrogens with two attached hydrogens (primary N) is 2. The monoisotopic (exact) mass is 531 g/mol. The first-order chi connectivity index (χ1) is 18.4. The van der Waals surface area contributed by atoms with Crippen molar-refractivity contribution in [2.45, 2.75) is 33.1 Å². The van der Waals surface area contributed by atoms with Crippen LogP contribution in [0.4, 0.5) is 11.4 Å². The molecule has 0 aliphatic heterocycles. The molecule has 0 bridgehead atoms. The van der Waals surface area contributed by atoms with Gasteiger partial charge in [0.2, 0.25) is 0 Å². The highest BCUT2D eigenvalue weighted by atomic mass is 16.5. The lowest BCUT2D eigenvalue weighted by Gasteiger charge is -2.19. The standard InChI is InChI=1S/C30H37N5O4/c1-19-23(7-6-8-24(19)34-28(37)20-9-11-22(12-10-20)30(2,3)4)21-17-25(29(38)35(5)18-21)33-26(31)13-14-27(32)39-16-15-36/h6-14,17-18,33,36H,15-16,31-32H2,1-5H3,(H,34,37)/b26-13+,27-14+. The number of rotatable bonds is 9. The van der Waals surface area contributed by atoms with Gasteiger partial charge in [-0.15, -0.1) is 0 Å². The van der Waals surface area contributed by atoms with E-state index >= 15 is 0 Å². The van der Waals surface area contributed by atoms with Gasteiger partial charge in [-0.3, -0.25) is 9.59 Å². The molecular weight excluding hydrogens is 494 g/mol. The number of nitrogens with one attached hydrogen (secondary N) is 2. The Hall–Kier alpha value is -4.50. The van der Waals surface area contributed by atoms with E-state index in [0.29, 0.717) is 11.3 Å². The number of aliphatic hydroxyl groups is 1. The first-order valence-corrected chi connectivity index (χ1v) is 12.6. The SMILES string of the molecule is Cc1c(NC(=O)c2ccc(C(C)(C)C)cc2)cccc1-c1cc(N/C(N)=C/C=C(\N)OCCO)c(=O)n(C)c1. The lowest BCUT2D eigenvalue weighted by molar-refractivity contribution is 0.102. The average molecular weight is 532 g/mol. The molecule has 2 aromatic carbocycles. The first-order valence-electron chi connectivity index (χ1n) is 12.6. The smallest absolute Gasteiger partial charge is 0.274 e. The molecule has 0 aliphatic carbocycles. The van der Waals surface area contributed by atoms with Crippen LogP contribution in [0.25, 0.3) is 11.1 Å². The van der Waals surface area contributed by atoms with Gasteiger partial charge < -0.3 is 36.5 Å². The molecule has 0 fully saturated rings. The fourth-order valence-corrected chi connectivity index (χ4v) is 3.93. The summed E-state index contributed by atoms with van der Waals surface area (Å²) in [6.07, 6.45) is 4.63. The number of aliphatic hydroxyl groups excluding tert-OH is 1. The number of ether oxygens (including phenoxy) is 1. The number of anilines is 2. The molecule has 0 saturated carbocycles. The molecule has 7 N–H and O–H groups in total. The summed E-state index contributed by atoms with van der Waals surface area (Å²) in [6.45, 7) is 8.21. The molecule has 0 aliphatic rings. The second kappa shape index (κ2) is 12.4. The van der Waals surface area contributed by atoms with E-state index in [9.17, 15) is 9.59 Å². The second-order valence-electron chi connectivity index (χ2n) is 10.2. The molecule has 206 valence electrons. The van der Waals surface area contributed by atoms with Crippen molar-refractivity contribution in [3.63, 3.8) is 0 Å². The maximum absolute atomic E-state index is 13.0. The first kappa shape index (κ1) is 29.1. The van der Waals surface area contributed by atoms with Gasteiger partial charge in [-0.05, 0) is 59.4 Å². The van der Waals surface area contributed by atoms with Gasteiger partial charge in [-0.25, -0.2) is 0 Å². The number of aromatic nitrogens is 1. The van der Waals surface area contributed by atoms with E-state index in [1.165, 1.54) is 16.7 Å². The van der Waals surface area contributed by atoms with Crippen LogP contribution < -0.4 is 27.7 Å². The van der Waals surface area contributed by atoms with E-state index in [1.807, 2.05) is 49.4 Å². The summed E-state index contributed by atoms with van der Waals surface area (Å²) in [7, 11) is 1.65. The largest absolute Gasteiger partial charge is 0.477 e. The molecule has 0 unspecified atom stereocenters. The van der Waals surface area contributed by atoms with Crippen LogP contribution >= 0.6 is 0 Å². The number of nitrogens with zero attached hydrogens (tertiary/aromatic N) is 1. The number of amides is 1. The van der Waals surface area contributed by atoms with E-state index < -0.39 is 0 Å². The van der Waals surface area contributed by atoms with Crippen molar-refractivity contribution in [1.82, 2.24) is 4.57 Å². The van der Waals surface area contributed by atoms with E-state index in [1.54, 1.807) is 19.3 Å². The molecule has 0 spiro atoms. The molecule has 1 amide bonds. The summed E-state index contributed by atoms with van der Waals surface area (Å²) in [5.74, 6) is 0.0526. The molecular formula is C30H37N5O4. The van der Waals surface area contributed by atoms with Crippen molar-refractivity contribution >= 4 is 17.3 Å². The average Bonchev–Trinajstić information content (AvgIpc) is 2.89. The Kier molecular flexibility index (Phi) is 9.21. The lowest BCUT2D eigenvalue weighted by atomic mass is 9.86. The maximum atomic E-state index is 13.0. The Bertz CT molecular complexity index is 1450. The Morgan fingerprint density at radius 1 is 1.05 bits per heavy atom. The molecule has 0 saturated heterocycles. The summed E-state index contributed by atoms with van der Waals surface area (Å²) in [5.41, 5.74) is 16.6. The third-order valence-corrected chi connectivity index (χ3v) is 6.16. The second-order valence-corrected chi connectivity index (χ2v) is 10.2. The summed E-state index contributed by atoms with van der Waals surface area (Å²) < 4.78 is 6.53. The zero-order chi connectivity index (χ0) is 28.7. The molecule has 0 radical (unpaired) electrons. The van der Waals surface area contributed by atoms with E-state index in [-0.39, 0.29) is 47.5 Å². The molecule has 9 heteroatoms. The van der Waals surface area contributed by atoms with Crippen LogP contribution in [0.5, 0.6) is 0 Å². The van der Waals surface area contributed by atoms with Gasteiger partial charge in [0.1, 0.15) is 18.1 Å². The Labute approximate surface area is 228 Å². The topological polar surface area (TPSA) is 145 Å². The zero-order valence-electron chi connectivity index (χ0n) is 23.0. The van der Waals surface area contributed by atoms with Gasteiger partial charge >= 0.3 is 0 Å². The van der Waals surface area contributed by atoms with Gasteiger partial charge in [-0.2, -0.15) is 0 Å². The molecule has 1 heterocycles. The lowest BCUT2D eigenvalue weighted by Crippen LogP contribution is -2.23. The fraction of sp³-hybridized carbons (Fsp3) is 0.267. The molecule has 0 atom stereocenters. The summed E-state index contributed by atoms with van der Waals surface area (Å²) >= 11 is 0. The minimum atomic E-state index is -0.274. The number of allylic oxidation sites excluding steroid dienone is 2. The van der Waals surface area contributed by atoms with Crippen LogP contribution in [0.15, 0.2) is 83.4 Å². The minimum Gasteiger partial charge on any atom is -0.477 e. The predicted octanol–water partition coefficient (Wildman–Crippen LogP) is 3.93. The van der Waals surface area contributed by atoms with Crippen molar-refractivity contribution < 1.29 is 14.6 Å². The van der Waals surface area contributed by atoms with Crippen LogP contribution in [0.2, 0.25) is 0 Å². The highest BCUT2D eigenvalue weighted by Gasteiger charge is 2.16. The van der Waals surface area contributed by atoms with Gasteiger partial charge in [-0.1, -0.05) is 45.0 Å². The number of hydrogen-bond acceptors (Lipinski definition) is 7. The number of hydrogen-bond donors (Lipinski definition) is 5. The van der Waals surface area contributed by atoms with Gasteiger partial charge in [0.25, 0.3) is 11.5 Å². The third-order valence-electron chi connectivity index (χ3n) is 6.16. The van der Waals surface area contributed by atoms with Crippen LogP contribution in [-0.2, 0) is 17.2 Å². The molecule has 1 aromatic heterocycles. The molecule has 39 heavy (non-hydrogen) atoms. The Morgan fingerprint density at radius 3 is 2.38 bits per heavy atom. The number of benzene rings is 2. The van der Waals surface area contributed by atoms with E-state index in [2.05, 4.69) is 31.4 Å². The minimum absolute atomic E-state index is 0.00263. The van der Waals surface area contributed by atoms with Gasteiger partial charge in [0, 0.05) is 36.1 Å². The van der Waals surface area contributed by atoms with Gasteiger partial charge in [0.15, 0.2) is 5.88 Å².